The Labute approximate surface area is 85.0 Å². The number of para-hydroxylation sites is 1. The van der Waals surface area contributed by atoms with Crippen LogP contribution in [0.4, 0.5) is 5.69 Å². The van der Waals surface area contributed by atoms with Crippen LogP contribution in [0.2, 0.25) is 0 Å². The molecule has 0 amide bonds. The maximum Gasteiger partial charge on any atom is 0.308 e. The smallest absolute Gasteiger partial charge is 0.308 e. The van der Waals surface area contributed by atoms with E-state index in [4.69, 9.17) is 5.11 Å². The van der Waals surface area contributed by atoms with Crippen LogP contribution in [0, 0.1) is 5.92 Å². The van der Waals surface area contributed by atoms with E-state index in [1.54, 1.807) is 0 Å². The van der Waals surface area contributed by atoms with Gasteiger partial charge in [0.1, 0.15) is 0 Å². The van der Waals surface area contributed by atoms with E-state index < -0.39 is 5.97 Å². The minimum absolute atomic E-state index is 0.289. The fourth-order valence-corrected chi connectivity index (χ4v) is 2.30. The summed E-state index contributed by atoms with van der Waals surface area (Å²) in [4.78, 5) is 10.9. The second-order valence-corrected chi connectivity index (χ2v) is 4.14. The zero-order chi connectivity index (χ0) is 10.1. The molecule has 1 aliphatic rings. The largest absolute Gasteiger partial charge is 0.481 e. The summed E-state index contributed by atoms with van der Waals surface area (Å²) in [6, 6.07) is 7.92. The number of carboxylic acid groups (broad SMARTS) is 1. The lowest BCUT2D eigenvalue weighted by Crippen LogP contribution is -2.33. The standard InChI is InChI=1S/C10H12NO2P/c12-10(13)8-5-7-3-1-2-4-9(7)11(14)6-8/h1-4,8H,5-6,14H2,(H,12,13). The first kappa shape index (κ1) is 9.47. The molecule has 14 heavy (non-hydrogen) atoms. The van der Waals surface area contributed by atoms with Crippen molar-refractivity contribution in [3.05, 3.63) is 29.8 Å². The number of aliphatic carboxylic acids is 1. The Morgan fingerprint density at radius 2 is 2.21 bits per heavy atom. The molecule has 0 saturated carbocycles. The molecule has 0 bridgehead atoms. The predicted molar refractivity (Wildman–Crippen MR) is 58.3 cm³/mol. The number of rotatable bonds is 1. The summed E-state index contributed by atoms with van der Waals surface area (Å²) in [7, 11) is 2.57. The lowest BCUT2D eigenvalue weighted by atomic mass is 9.94. The molecule has 0 saturated heterocycles. The summed E-state index contributed by atoms with van der Waals surface area (Å²) in [6.45, 7) is 0.566. The van der Waals surface area contributed by atoms with E-state index in [9.17, 15) is 4.79 Å². The number of fused-ring (bicyclic) bond motifs is 1. The molecule has 0 aromatic heterocycles. The Hall–Kier alpha value is -1.08. The molecule has 4 heteroatoms. The van der Waals surface area contributed by atoms with Crippen molar-refractivity contribution in [3.8, 4) is 0 Å². The van der Waals surface area contributed by atoms with Crippen LogP contribution in [0.3, 0.4) is 0 Å². The second kappa shape index (κ2) is 3.58. The number of carboxylic acids is 1. The minimum Gasteiger partial charge on any atom is -0.481 e. The van der Waals surface area contributed by atoms with Crippen LogP contribution >= 0.6 is 9.39 Å². The number of nitrogens with zero attached hydrogens (tertiary/aromatic N) is 1. The van der Waals surface area contributed by atoms with Gasteiger partial charge in [0.05, 0.1) is 5.92 Å². The van der Waals surface area contributed by atoms with E-state index in [-0.39, 0.29) is 5.92 Å². The molecule has 1 aromatic rings. The van der Waals surface area contributed by atoms with Crippen molar-refractivity contribution in [1.82, 2.24) is 0 Å². The topological polar surface area (TPSA) is 40.5 Å². The molecule has 2 rings (SSSR count). The van der Waals surface area contributed by atoms with Gasteiger partial charge in [0.2, 0.25) is 0 Å². The molecule has 3 nitrogen and oxygen atoms in total. The number of anilines is 1. The van der Waals surface area contributed by atoms with E-state index >= 15 is 0 Å². The summed E-state index contributed by atoms with van der Waals surface area (Å²) >= 11 is 0. The Morgan fingerprint density at radius 1 is 1.50 bits per heavy atom. The van der Waals surface area contributed by atoms with Gasteiger partial charge in [-0.15, -0.1) is 0 Å². The zero-order valence-corrected chi connectivity index (χ0v) is 8.84. The van der Waals surface area contributed by atoms with Crippen LogP contribution < -0.4 is 4.67 Å². The highest BCUT2D eigenvalue weighted by molar-refractivity contribution is 7.19. The van der Waals surface area contributed by atoms with Crippen molar-refractivity contribution >= 4 is 21.0 Å². The Bertz CT molecular complexity index is 367. The summed E-state index contributed by atoms with van der Waals surface area (Å²) in [5, 5.41) is 8.95. The number of hydrogen-bond acceptors (Lipinski definition) is 2. The van der Waals surface area contributed by atoms with Crippen LogP contribution in [0.25, 0.3) is 0 Å². The first-order valence-corrected chi connectivity index (χ1v) is 5.03. The monoisotopic (exact) mass is 209 g/mol. The van der Waals surface area contributed by atoms with Gasteiger partial charge in [-0.1, -0.05) is 18.2 Å². The number of hydrogen-bond donors (Lipinski definition) is 1. The molecular formula is C10H12NO2P. The minimum atomic E-state index is -0.716. The van der Waals surface area contributed by atoms with Crippen molar-refractivity contribution in [2.24, 2.45) is 5.92 Å². The summed E-state index contributed by atoms with van der Waals surface area (Å²) in [6.07, 6.45) is 0.635. The molecule has 1 heterocycles. The molecule has 1 aromatic carbocycles. The molecule has 0 radical (unpaired) electrons. The lowest BCUT2D eigenvalue weighted by molar-refractivity contribution is -0.141. The lowest BCUT2D eigenvalue weighted by Gasteiger charge is -2.30. The van der Waals surface area contributed by atoms with Gasteiger partial charge in [0.25, 0.3) is 0 Å². The summed E-state index contributed by atoms with van der Waals surface area (Å²) in [5.74, 6) is -1.01. The molecule has 2 unspecified atom stereocenters. The van der Waals surface area contributed by atoms with Gasteiger partial charge >= 0.3 is 5.97 Å². The average Bonchev–Trinajstić information content (AvgIpc) is 2.17. The highest BCUT2D eigenvalue weighted by atomic mass is 31.0. The molecule has 1 N–H and O–H groups in total. The third kappa shape index (κ3) is 1.60. The van der Waals surface area contributed by atoms with Crippen LogP contribution in [-0.4, -0.2) is 17.6 Å². The van der Waals surface area contributed by atoms with E-state index in [0.717, 1.165) is 11.3 Å². The first-order chi connectivity index (χ1) is 6.68. The van der Waals surface area contributed by atoms with Gasteiger partial charge < -0.3 is 9.78 Å². The maximum absolute atomic E-state index is 10.9. The number of carbonyl (C=O) groups is 1. The van der Waals surface area contributed by atoms with Gasteiger partial charge in [-0.25, -0.2) is 0 Å². The maximum atomic E-state index is 10.9. The predicted octanol–water partition coefficient (Wildman–Crippen LogP) is 1.54. The highest BCUT2D eigenvalue weighted by Gasteiger charge is 2.26. The molecule has 0 spiro atoms. The fraction of sp³-hybridized carbons (Fsp3) is 0.300. The zero-order valence-electron chi connectivity index (χ0n) is 7.68. The number of benzene rings is 1. The molecular weight excluding hydrogens is 197 g/mol. The highest BCUT2D eigenvalue weighted by Crippen LogP contribution is 2.31. The Kier molecular flexibility index (Phi) is 2.42. The molecule has 2 atom stereocenters. The van der Waals surface area contributed by atoms with Crippen LogP contribution in [0.15, 0.2) is 24.3 Å². The van der Waals surface area contributed by atoms with Crippen molar-refractivity contribution in [3.63, 3.8) is 0 Å². The third-order valence-corrected chi connectivity index (χ3v) is 3.02. The SMILES string of the molecule is O=C(O)C1Cc2ccccc2N(P)C1. The fourth-order valence-electron chi connectivity index (χ4n) is 1.79. The van der Waals surface area contributed by atoms with Gasteiger partial charge in [0.15, 0.2) is 0 Å². The van der Waals surface area contributed by atoms with Crippen LogP contribution in [-0.2, 0) is 11.2 Å². The third-order valence-electron chi connectivity index (χ3n) is 2.53. The molecule has 74 valence electrons. The van der Waals surface area contributed by atoms with Gasteiger partial charge in [0, 0.05) is 12.2 Å². The molecule has 0 fully saturated rings. The quantitative estimate of drug-likeness (QED) is 0.713. The van der Waals surface area contributed by atoms with E-state index in [2.05, 4.69) is 9.39 Å². The van der Waals surface area contributed by atoms with Crippen molar-refractivity contribution in [1.29, 1.82) is 0 Å². The second-order valence-electron chi connectivity index (χ2n) is 3.52. The van der Waals surface area contributed by atoms with Gasteiger partial charge in [-0.05, 0) is 27.4 Å². The Morgan fingerprint density at radius 3 is 2.93 bits per heavy atom. The molecule has 0 aliphatic carbocycles. The van der Waals surface area contributed by atoms with E-state index in [1.165, 1.54) is 0 Å². The average molecular weight is 209 g/mol. The molecule has 1 aliphatic heterocycles. The normalized spacial score (nSPS) is 20.4. The van der Waals surface area contributed by atoms with Gasteiger partial charge in [-0.3, -0.25) is 4.79 Å². The summed E-state index contributed by atoms with van der Waals surface area (Å²) < 4.78 is 1.93. The van der Waals surface area contributed by atoms with E-state index in [1.807, 2.05) is 28.9 Å². The van der Waals surface area contributed by atoms with Crippen LogP contribution in [0.5, 0.6) is 0 Å². The summed E-state index contributed by atoms with van der Waals surface area (Å²) in [5.41, 5.74) is 2.23. The van der Waals surface area contributed by atoms with Crippen molar-refractivity contribution in [2.45, 2.75) is 6.42 Å². The van der Waals surface area contributed by atoms with Crippen molar-refractivity contribution in [2.75, 3.05) is 11.2 Å². The van der Waals surface area contributed by atoms with Crippen LogP contribution in [0.1, 0.15) is 5.56 Å². The Balaban J connectivity index is 2.33. The first-order valence-electron chi connectivity index (χ1n) is 4.51. The van der Waals surface area contributed by atoms with Crippen molar-refractivity contribution < 1.29 is 9.90 Å². The van der Waals surface area contributed by atoms with Gasteiger partial charge in [-0.2, -0.15) is 0 Å². The van der Waals surface area contributed by atoms with E-state index in [0.29, 0.717) is 13.0 Å².